The molecule has 7 heteroatoms. The third-order valence-electron chi connectivity index (χ3n) is 4.96. The Kier molecular flexibility index (Phi) is 6.05. The molecule has 150 valence electrons. The summed E-state index contributed by atoms with van der Waals surface area (Å²) in [6.07, 6.45) is 0. The van der Waals surface area contributed by atoms with E-state index in [1.54, 1.807) is 25.6 Å². The summed E-state index contributed by atoms with van der Waals surface area (Å²) in [7, 11) is 5.37. The monoisotopic (exact) mass is 401 g/mol. The second-order valence-corrected chi connectivity index (χ2v) is 7.80. The molecular weight excluding hydrogens is 374 g/mol. The van der Waals surface area contributed by atoms with Crippen molar-refractivity contribution in [1.82, 2.24) is 14.9 Å². The SMILES string of the molecule is COc1ccc(-c2nc(CN(C)[C@@H](C)c3nc(C)cs3)c(C)o2)c(OC)c1C. The normalized spacial score (nSPS) is 12.4. The Morgan fingerprint density at radius 2 is 1.89 bits per heavy atom. The van der Waals surface area contributed by atoms with Gasteiger partial charge in [-0.15, -0.1) is 11.3 Å². The van der Waals surface area contributed by atoms with Crippen LogP contribution in [0.25, 0.3) is 11.5 Å². The van der Waals surface area contributed by atoms with Crippen LogP contribution in [0.1, 0.15) is 40.7 Å². The van der Waals surface area contributed by atoms with Crippen molar-refractivity contribution in [3.8, 4) is 23.0 Å². The topological polar surface area (TPSA) is 60.6 Å². The molecule has 2 aromatic heterocycles. The van der Waals surface area contributed by atoms with Crippen LogP contribution in [0, 0.1) is 20.8 Å². The summed E-state index contributed by atoms with van der Waals surface area (Å²) in [4.78, 5) is 11.6. The standard InChI is InChI=1S/C21H27N3O3S/c1-12-11-28-21(22-12)14(3)24(5)10-17-15(4)27-20(23-17)16-8-9-18(25-6)13(2)19(16)26-7/h8-9,11,14H,10H2,1-7H3/t14-/m0/s1. The van der Waals surface area contributed by atoms with Gasteiger partial charge in [0.2, 0.25) is 5.89 Å². The molecule has 0 bridgehead atoms. The number of benzene rings is 1. The van der Waals surface area contributed by atoms with E-state index < -0.39 is 0 Å². The first-order valence-corrected chi connectivity index (χ1v) is 10.0. The van der Waals surface area contributed by atoms with Crippen molar-refractivity contribution in [2.24, 2.45) is 0 Å². The Labute approximate surface area is 170 Å². The molecule has 3 aromatic rings. The summed E-state index contributed by atoms with van der Waals surface area (Å²) >= 11 is 1.69. The highest BCUT2D eigenvalue weighted by Gasteiger charge is 2.21. The van der Waals surface area contributed by atoms with Gasteiger partial charge < -0.3 is 13.9 Å². The molecule has 0 spiro atoms. The molecule has 0 aliphatic carbocycles. The van der Waals surface area contributed by atoms with E-state index in [-0.39, 0.29) is 6.04 Å². The average Bonchev–Trinajstić information content (AvgIpc) is 3.26. The Morgan fingerprint density at radius 1 is 1.14 bits per heavy atom. The highest BCUT2D eigenvalue weighted by molar-refractivity contribution is 7.09. The van der Waals surface area contributed by atoms with Gasteiger partial charge in [-0.3, -0.25) is 4.90 Å². The van der Waals surface area contributed by atoms with E-state index in [0.29, 0.717) is 18.2 Å². The van der Waals surface area contributed by atoms with Crippen molar-refractivity contribution in [1.29, 1.82) is 0 Å². The maximum atomic E-state index is 5.99. The van der Waals surface area contributed by atoms with Crippen LogP contribution < -0.4 is 9.47 Å². The molecule has 1 atom stereocenters. The quantitative estimate of drug-likeness (QED) is 0.559. The number of nitrogens with zero attached hydrogens (tertiary/aromatic N) is 3. The van der Waals surface area contributed by atoms with E-state index in [4.69, 9.17) is 18.9 Å². The fourth-order valence-electron chi connectivity index (χ4n) is 3.14. The zero-order valence-electron chi connectivity index (χ0n) is 17.5. The second kappa shape index (κ2) is 8.32. The van der Waals surface area contributed by atoms with Gasteiger partial charge in [0.25, 0.3) is 0 Å². The van der Waals surface area contributed by atoms with Crippen molar-refractivity contribution < 1.29 is 13.9 Å². The number of hydrogen-bond donors (Lipinski definition) is 0. The summed E-state index contributed by atoms with van der Waals surface area (Å²) in [5, 5.41) is 3.19. The summed E-state index contributed by atoms with van der Waals surface area (Å²) in [6, 6.07) is 4.03. The molecule has 0 aliphatic heterocycles. The third-order valence-corrected chi connectivity index (χ3v) is 6.09. The van der Waals surface area contributed by atoms with Crippen molar-refractivity contribution in [3.05, 3.63) is 45.2 Å². The summed E-state index contributed by atoms with van der Waals surface area (Å²) in [5.41, 5.74) is 3.71. The predicted octanol–water partition coefficient (Wildman–Crippen LogP) is 4.93. The van der Waals surface area contributed by atoms with Crippen molar-refractivity contribution in [3.63, 3.8) is 0 Å². The predicted molar refractivity (Wildman–Crippen MR) is 111 cm³/mol. The van der Waals surface area contributed by atoms with Crippen LogP contribution in [0.2, 0.25) is 0 Å². The lowest BCUT2D eigenvalue weighted by atomic mass is 10.1. The van der Waals surface area contributed by atoms with E-state index in [9.17, 15) is 0 Å². The molecule has 0 saturated heterocycles. The molecular formula is C21H27N3O3S. The number of oxazole rings is 1. The lowest BCUT2D eigenvalue weighted by Crippen LogP contribution is -2.22. The van der Waals surface area contributed by atoms with Crippen molar-refractivity contribution in [2.75, 3.05) is 21.3 Å². The minimum absolute atomic E-state index is 0.205. The zero-order chi connectivity index (χ0) is 20.4. The lowest BCUT2D eigenvalue weighted by Gasteiger charge is -2.21. The van der Waals surface area contributed by atoms with E-state index in [0.717, 1.165) is 39.0 Å². The largest absolute Gasteiger partial charge is 0.496 e. The molecule has 0 N–H and O–H groups in total. The smallest absolute Gasteiger partial charge is 0.230 e. The number of rotatable bonds is 7. The highest BCUT2D eigenvalue weighted by atomic mass is 32.1. The Morgan fingerprint density at radius 3 is 2.50 bits per heavy atom. The van der Waals surface area contributed by atoms with Crippen LogP contribution >= 0.6 is 11.3 Å². The summed E-state index contributed by atoms with van der Waals surface area (Å²) in [5.74, 6) is 2.85. The van der Waals surface area contributed by atoms with E-state index in [2.05, 4.69) is 29.2 Å². The first-order valence-electron chi connectivity index (χ1n) is 9.16. The summed E-state index contributed by atoms with van der Waals surface area (Å²) in [6.45, 7) is 8.76. The van der Waals surface area contributed by atoms with Gasteiger partial charge in [-0.05, 0) is 46.9 Å². The Balaban J connectivity index is 1.86. The van der Waals surface area contributed by atoms with Crippen LogP contribution in [0.3, 0.4) is 0 Å². The van der Waals surface area contributed by atoms with Gasteiger partial charge in [0, 0.05) is 23.2 Å². The molecule has 3 rings (SSSR count). The van der Waals surface area contributed by atoms with Crippen LogP contribution in [0.4, 0.5) is 0 Å². The van der Waals surface area contributed by atoms with Crippen LogP contribution in [0.15, 0.2) is 21.9 Å². The van der Waals surface area contributed by atoms with Gasteiger partial charge in [0.1, 0.15) is 22.3 Å². The van der Waals surface area contributed by atoms with Crippen LogP contribution in [-0.4, -0.2) is 36.1 Å². The lowest BCUT2D eigenvalue weighted by molar-refractivity contribution is 0.248. The van der Waals surface area contributed by atoms with Gasteiger partial charge in [-0.25, -0.2) is 9.97 Å². The molecule has 0 saturated carbocycles. The third kappa shape index (κ3) is 3.91. The molecule has 0 fully saturated rings. The van der Waals surface area contributed by atoms with Crippen LogP contribution in [0.5, 0.6) is 11.5 Å². The molecule has 0 unspecified atom stereocenters. The molecule has 28 heavy (non-hydrogen) atoms. The minimum atomic E-state index is 0.205. The number of aromatic nitrogens is 2. The van der Waals surface area contributed by atoms with E-state index in [1.807, 2.05) is 32.9 Å². The van der Waals surface area contributed by atoms with Gasteiger partial charge in [-0.2, -0.15) is 0 Å². The maximum Gasteiger partial charge on any atom is 0.230 e. The number of hydrogen-bond acceptors (Lipinski definition) is 7. The minimum Gasteiger partial charge on any atom is -0.496 e. The van der Waals surface area contributed by atoms with Crippen LogP contribution in [-0.2, 0) is 6.54 Å². The molecule has 6 nitrogen and oxygen atoms in total. The molecule has 2 heterocycles. The van der Waals surface area contributed by atoms with Crippen molar-refractivity contribution in [2.45, 2.75) is 40.3 Å². The molecule has 0 radical (unpaired) electrons. The first-order chi connectivity index (χ1) is 13.3. The van der Waals surface area contributed by atoms with Crippen molar-refractivity contribution >= 4 is 11.3 Å². The molecule has 0 aliphatic rings. The van der Waals surface area contributed by atoms with Gasteiger partial charge in [0.15, 0.2) is 0 Å². The number of methoxy groups -OCH3 is 2. The fraction of sp³-hybridized carbons (Fsp3) is 0.429. The Hall–Kier alpha value is -2.38. The highest BCUT2D eigenvalue weighted by Crippen LogP contribution is 2.38. The molecule has 1 aromatic carbocycles. The second-order valence-electron chi connectivity index (χ2n) is 6.91. The number of ether oxygens (including phenoxy) is 2. The maximum absolute atomic E-state index is 5.99. The van der Waals surface area contributed by atoms with E-state index in [1.165, 1.54) is 0 Å². The number of aryl methyl sites for hydroxylation is 2. The van der Waals surface area contributed by atoms with Gasteiger partial charge in [-0.1, -0.05) is 0 Å². The van der Waals surface area contributed by atoms with Gasteiger partial charge in [0.05, 0.1) is 31.5 Å². The molecule has 0 amide bonds. The fourth-order valence-corrected chi connectivity index (χ4v) is 4.06. The van der Waals surface area contributed by atoms with Gasteiger partial charge >= 0.3 is 0 Å². The summed E-state index contributed by atoms with van der Waals surface area (Å²) < 4.78 is 17.0. The Bertz CT molecular complexity index is 964. The van der Waals surface area contributed by atoms with E-state index >= 15 is 0 Å². The number of thiazole rings is 1. The first kappa shape index (κ1) is 20.4. The average molecular weight is 402 g/mol. The zero-order valence-corrected chi connectivity index (χ0v) is 18.3.